The lowest BCUT2D eigenvalue weighted by atomic mass is 10.1. The summed E-state index contributed by atoms with van der Waals surface area (Å²) in [6, 6.07) is 13.3. The SMILES string of the molecule is O=C(Nc1cccc(-c2ccc(N3CCOCC3)nn2)c1)c1cc([N+](=O)[O-])cc([N+](=O)[O-])c1. The van der Waals surface area contributed by atoms with E-state index in [0.717, 1.165) is 37.1 Å². The fourth-order valence-electron chi connectivity index (χ4n) is 3.34. The lowest BCUT2D eigenvalue weighted by Gasteiger charge is -2.27. The second-order valence-corrected chi connectivity index (χ2v) is 7.16. The van der Waals surface area contributed by atoms with Crippen molar-refractivity contribution in [3.05, 3.63) is 80.4 Å². The fourth-order valence-corrected chi connectivity index (χ4v) is 3.34. The number of nitro benzene ring substituents is 2. The van der Waals surface area contributed by atoms with E-state index in [1.54, 1.807) is 24.3 Å². The van der Waals surface area contributed by atoms with Gasteiger partial charge < -0.3 is 15.0 Å². The Morgan fingerprint density at radius 2 is 1.64 bits per heavy atom. The normalized spacial score (nSPS) is 13.4. The van der Waals surface area contributed by atoms with E-state index in [1.165, 1.54) is 0 Å². The number of carbonyl (C=O) groups is 1. The quantitative estimate of drug-likeness (QED) is 0.441. The van der Waals surface area contributed by atoms with Crippen LogP contribution in [0.15, 0.2) is 54.6 Å². The first kappa shape index (κ1) is 21.8. The molecule has 1 fully saturated rings. The number of aromatic nitrogens is 2. The first-order chi connectivity index (χ1) is 15.9. The van der Waals surface area contributed by atoms with E-state index in [4.69, 9.17) is 4.74 Å². The van der Waals surface area contributed by atoms with Gasteiger partial charge in [0.1, 0.15) is 0 Å². The van der Waals surface area contributed by atoms with E-state index >= 15 is 0 Å². The van der Waals surface area contributed by atoms with E-state index in [-0.39, 0.29) is 5.56 Å². The van der Waals surface area contributed by atoms with Crippen molar-refractivity contribution in [3.8, 4) is 11.3 Å². The van der Waals surface area contributed by atoms with Gasteiger partial charge in [-0.25, -0.2) is 0 Å². The van der Waals surface area contributed by atoms with E-state index in [0.29, 0.717) is 30.2 Å². The second-order valence-electron chi connectivity index (χ2n) is 7.16. The van der Waals surface area contributed by atoms with E-state index < -0.39 is 27.1 Å². The van der Waals surface area contributed by atoms with Crippen LogP contribution in [0.1, 0.15) is 10.4 Å². The number of hydrogen-bond acceptors (Lipinski definition) is 9. The highest BCUT2D eigenvalue weighted by Crippen LogP contribution is 2.25. The van der Waals surface area contributed by atoms with Crippen molar-refractivity contribution in [2.24, 2.45) is 0 Å². The summed E-state index contributed by atoms with van der Waals surface area (Å²) >= 11 is 0. The molecule has 1 aliphatic rings. The van der Waals surface area contributed by atoms with Gasteiger partial charge in [0, 0.05) is 36.5 Å². The van der Waals surface area contributed by atoms with Gasteiger partial charge in [0.05, 0.1) is 40.4 Å². The van der Waals surface area contributed by atoms with Crippen molar-refractivity contribution in [2.75, 3.05) is 36.5 Å². The Labute approximate surface area is 187 Å². The predicted molar refractivity (Wildman–Crippen MR) is 118 cm³/mol. The molecule has 0 unspecified atom stereocenters. The molecular formula is C21H18N6O6. The monoisotopic (exact) mass is 450 g/mol. The number of nitrogens with one attached hydrogen (secondary N) is 1. The van der Waals surface area contributed by atoms with Crippen LogP contribution in [-0.4, -0.2) is 52.3 Å². The molecular weight excluding hydrogens is 432 g/mol. The zero-order valence-electron chi connectivity index (χ0n) is 17.2. The highest BCUT2D eigenvalue weighted by molar-refractivity contribution is 6.05. The van der Waals surface area contributed by atoms with Crippen molar-refractivity contribution >= 4 is 28.8 Å². The summed E-state index contributed by atoms with van der Waals surface area (Å²) in [7, 11) is 0. The number of non-ortho nitro benzene ring substituents is 2. The molecule has 2 heterocycles. The minimum absolute atomic E-state index is 0.198. The maximum absolute atomic E-state index is 12.6. The Morgan fingerprint density at radius 1 is 0.939 bits per heavy atom. The zero-order chi connectivity index (χ0) is 23.4. The molecule has 0 aliphatic carbocycles. The van der Waals surface area contributed by atoms with Crippen LogP contribution in [-0.2, 0) is 4.74 Å². The number of hydrogen-bond donors (Lipinski definition) is 1. The molecule has 0 saturated carbocycles. The lowest BCUT2D eigenvalue weighted by Crippen LogP contribution is -2.36. The molecule has 33 heavy (non-hydrogen) atoms. The Kier molecular flexibility index (Phi) is 6.17. The maximum Gasteiger partial charge on any atom is 0.277 e. The second kappa shape index (κ2) is 9.36. The summed E-state index contributed by atoms with van der Waals surface area (Å²) in [6.45, 7) is 2.76. The number of nitrogens with zero attached hydrogens (tertiary/aromatic N) is 5. The number of morpholine rings is 1. The average Bonchev–Trinajstić information content (AvgIpc) is 2.84. The van der Waals surface area contributed by atoms with E-state index in [9.17, 15) is 25.0 Å². The molecule has 12 nitrogen and oxygen atoms in total. The Balaban J connectivity index is 1.53. The molecule has 4 rings (SSSR count). The van der Waals surface area contributed by atoms with Crippen molar-refractivity contribution in [1.82, 2.24) is 10.2 Å². The Bertz CT molecular complexity index is 1180. The molecule has 1 amide bonds. The third kappa shape index (κ3) is 5.07. The number of anilines is 2. The summed E-state index contributed by atoms with van der Waals surface area (Å²) < 4.78 is 5.34. The fraction of sp³-hybridized carbons (Fsp3) is 0.190. The van der Waals surface area contributed by atoms with Crippen LogP contribution in [0.25, 0.3) is 11.3 Å². The summed E-state index contributed by atoms with van der Waals surface area (Å²) in [5, 5.41) is 33.3. The van der Waals surface area contributed by atoms with Gasteiger partial charge in [0.15, 0.2) is 5.82 Å². The number of rotatable bonds is 6. The van der Waals surface area contributed by atoms with Gasteiger partial charge in [-0.2, -0.15) is 0 Å². The molecule has 0 atom stereocenters. The van der Waals surface area contributed by atoms with Crippen LogP contribution in [0.3, 0.4) is 0 Å². The Hall–Kier alpha value is -4.45. The molecule has 0 spiro atoms. The van der Waals surface area contributed by atoms with Crippen molar-refractivity contribution in [3.63, 3.8) is 0 Å². The lowest BCUT2D eigenvalue weighted by molar-refractivity contribution is -0.394. The van der Waals surface area contributed by atoms with Gasteiger partial charge in [-0.1, -0.05) is 12.1 Å². The zero-order valence-corrected chi connectivity index (χ0v) is 17.2. The summed E-state index contributed by atoms with van der Waals surface area (Å²) in [5.41, 5.74) is 0.395. The van der Waals surface area contributed by atoms with Gasteiger partial charge in [0.25, 0.3) is 17.3 Å². The number of carbonyl (C=O) groups excluding carboxylic acids is 1. The molecule has 1 aromatic heterocycles. The van der Waals surface area contributed by atoms with Gasteiger partial charge in [-0.05, 0) is 24.3 Å². The van der Waals surface area contributed by atoms with Crippen LogP contribution in [0, 0.1) is 20.2 Å². The highest BCUT2D eigenvalue weighted by atomic mass is 16.6. The standard InChI is InChI=1S/C21H18N6O6/c28-21(15-11-17(26(29)30)13-18(12-15)27(31)32)22-16-3-1-2-14(10-16)19-4-5-20(24-23-19)25-6-8-33-9-7-25/h1-5,10-13H,6-9H2,(H,22,28). The van der Waals surface area contributed by atoms with Gasteiger partial charge in [0.2, 0.25) is 0 Å². The van der Waals surface area contributed by atoms with Gasteiger partial charge in [-0.3, -0.25) is 25.0 Å². The first-order valence-corrected chi connectivity index (χ1v) is 9.93. The van der Waals surface area contributed by atoms with Gasteiger partial charge in [-0.15, -0.1) is 10.2 Å². The molecule has 1 N–H and O–H groups in total. The minimum atomic E-state index is -0.788. The highest BCUT2D eigenvalue weighted by Gasteiger charge is 2.20. The average molecular weight is 450 g/mol. The van der Waals surface area contributed by atoms with Gasteiger partial charge >= 0.3 is 0 Å². The maximum atomic E-state index is 12.6. The first-order valence-electron chi connectivity index (χ1n) is 9.93. The molecule has 2 aromatic carbocycles. The molecule has 168 valence electrons. The molecule has 0 bridgehead atoms. The number of amides is 1. The smallest absolute Gasteiger partial charge is 0.277 e. The number of ether oxygens (including phenoxy) is 1. The largest absolute Gasteiger partial charge is 0.378 e. The van der Waals surface area contributed by atoms with Crippen LogP contribution in [0.4, 0.5) is 22.9 Å². The summed E-state index contributed by atoms with van der Waals surface area (Å²) in [5.74, 6) is 0.0338. The van der Waals surface area contributed by atoms with Crippen molar-refractivity contribution in [2.45, 2.75) is 0 Å². The molecule has 12 heteroatoms. The predicted octanol–water partition coefficient (Wildman–Crippen LogP) is 3.05. The molecule has 1 aliphatic heterocycles. The molecule has 1 saturated heterocycles. The van der Waals surface area contributed by atoms with Crippen molar-refractivity contribution < 1.29 is 19.4 Å². The number of nitro groups is 2. The Morgan fingerprint density at radius 3 is 2.24 bits per heavy atom. The topological polar surface area (TPSA) is 154 Å². The minimum Gasteiger partial charge on any atom is -0.378 e. The molecule has 0 radical (unpaired) electrons. The van der Waals surface area contributed by atoms with Crippen molar-refractivity contribution in [1.29, 1.82) is 0 Å². The number of benzene rings is 2. The van der Waals surface area contributed by atoms with E-state index in [1.807, 2.05) is 12.1 Å². The molecule has 3 aromatic rings. The third-order valence-corrected chi connectivity index (χ3v) is 4.99. The summed E-state index contributed by atoms with van der Waals surface area (Å²) in [4.78, 5) is 35.3. The summed E-state index contributed by atoms with van der Waals surface area (Å²) in [6.07, 6.45) is 0. The van der Waals surface area contributed by atoms with Crippen LogP contribution < -0.4 is 10.2 Å². The van der Waals surface area contributed by atoms with Crippen LogP contribution in [0.5, 0.6) is 0 Å². The van der Waals surface area contributed by atoms with Crippen LogP contribution in [0.2, 0.25) is 0 Å². The van der Waals surface area contributed by atoms with Crippen LogP contribution >= 0.6 is 0 Å². The van der Waals surface area contributed by atoms with E-state index in [2.05, 4.69) is 20.4 Å². The third-order valence-electron chi connectivity index (χ3n) is 4.99.